The van der Waals surface area contributed by atoms with Crippen LogP contribution in [0.4, 0.5) is 11.5 Å². The Balaban J connectivity index is 2.30. The fraction of sp³-hybridized carbons (Fsp3) is 0.0833. The summed E-state index contributed by atoms with van der Waals surface area (Å²) in [5.74, 6) is 1.37. The molecule has 2 rings (SSSR count). The molecule has 3 nitrogen and oxygen atoms in total. The molecule has 4 heteroatoms. The first kappa shape index (κ1) is 10.8. The van der Waals surface area contributed by atoms with Crippen molar-refractivity contribution in [1.29, 1.82) is 0 Å². The van der Waals surface area contributed by atoms with Crippen LogP contribution in [0.25, 0.3) is 0 Å². The van der Waals surface area contributed by atoms with Crippen molar-refractivity contribution in [3.8, 4) is 5.75 Å². The van der Waals surface area contributed by atoms with E-state index < -0.39 is 0 Å². The number of benzene rings is 1. The number of methoxy groups -OCH3 is 1. The quantitative estimate of drug-likeness (QED) is 0.883. The molecule has 1 aromatic heterocycles. The highest BCUT2D eigenvalue weighted by molar-refractivity contribution is 6.33. The Labute approximate surface area is 99.0 Å². The molecule has 1 N–H and O–H groups in total. The van der Waals surface area contributed by atoms with Crippen LogP contribution in [0.15, 0.2) is 42.6 Å². The van der Waals surface area contributed by atoms with Gasteiger partial charge in [0.05, 0.1) is 17.8 Å². The normalized spacial score (nSPS) is 9.88. The Morgan fingerprint density at radius 3 is 2.75 bits per heavy atom. The fourth-order valence-corrected chi connectivity index (χ4v) is 1.52. The van der Waals surface area contributed by atoms with Gasteiger partial charge in [0.15, 0.2) is 0 Å². The Morgan fingerprint density at radius 1 is 1.19 bits per heavy atom. The molecule has 0 atom stereocenters. The average molecular weight is 235 g/mol. The monoisotopic (exact) mass is 234 g/mol. The number of ether oxygens (including phenoxy) is 1. The van der Waals surface area contributed by atoms with E-state index in [4.69, 9.17) is 16.3 Å². The average Bonchev–Trinajstić information content (AvgIpc) is 2.33. The minimum atomic E-state index is 0.577. The Morgan fingerprint density at radius 2 is 2.00 bits per heavy atom. The predicted molar refractivity (Wildman–Crippen MR) is 65.5 cm³/mol. The SMILES string of the molecule is COc1ccccc1Nc1ncccc1Cl. The summed E-state index contributed by atoms with van der Waals surface area (Å²) in [6, 6.07) is 11.2. The van der Waals surface area contributed by atoms with Gasteiger partial charge in [0, 0.05) is 6.20 Å². The lowest BCUT2D eigenvalue weighted by Gasteiger charge is -2.10. The van der Waals surface area contributed by atoms with Gasteiger partial charge in [0.1, 0.15) is 11.6 Å². The van der Waals surface area contributed by atoms with E-state index in [2.05, 4.69) is 10.3 Å². The topological polar surface area (TPSA) is 34.1 Å². The molecule has 0 saturated heterocycles. The number of nitrogens with zero attached hydrogens (tertiary/aromatic N) is 1. The van der Waals surface area contributed by atoms with Crippen LogP contribution in [0.2, 0.25) is 5.02 Å². The summed E-state index contributed by atoms with van der Waals surface area (Å²) in [6.07, 6.45) is 1.68. The highest BCUT2D eigenvalue weighted by atomic mass is 35.5. The van der Waals surface area contributed by atoms with Gasteiger partial charge in [-0.25, -0.2) is 4.98 Å². The van der Waals surface area contributed by atoms with Crippen molar-refractivity contribution in [2.24, 2.45) is 0 Å². The van der Waals surface area contributed by atoms with Crippen LogP contribution in [-0.2, 0) is 0 Å². The second kappa shape index (κ2) is 4.86. The molecule has 1 heterocycles. The molecule has 0 unspecified atom stereocenters. The molecule has 82 valence electrons. The van der Waals surface area contributed by atoms with Crippen molar-refractivity contribution in [2.75, 3.05) is 12.4 Å². The molecule has 0 saturated carbocycles. The lowest BCUT2D eigenvalue weighted by Crippen LogP contribution is -1.96. The van der Waals surface area contributed by atoms with Crippen LogP contribution in [0.3, 0.4) is 0 Å². The minimum absolute atomic E-state index is 0.577. The van der Waals surface area contributed by atoms with Gasteiger partial charge >= 0.3 is 0 Å². The molecular weight excluding hydrogens is 224 g/mol. The number of rotatable bonds is 3. The lowest BCUT2D eigenvalue weighted by molar-refractivity contribution is 0.417. The van der Waals surface area contributed by atoms with Gasteiger partial charge in [0.25, 0.3) is 0 Å². The molecule has 0 fully saturated rings. The molecule has 2 aromatic rings. The van der Waals surface area contributed by atoms with E-state index in [1.54, 1.807) is 25.4 Å². The van der Waals surface area contributed by atoms with Crippen LogP contribution >= 0.6 is 11.6 Å². The lowest BCUT2D eigenvalue weighted by atomic mass is 10.3. The zero-order valence-corrected chi connectivity index (χ0v) is 9.53. The molecule has 0 bridgehead atoms. The van der Waals surface area contributed by atoms with Crippen molar-refractivity contribution in [1.82, 2.24) is 4.98 Å². The predicted octanol–water partition coefficient (Wildman–Crippen LogP) is 3.49. The van der Waals surface area contributed by atoms with Crippen molar-refractivity contribution in [2.45, 2.75) is 0 Å². The van der Waals surface area contributed by atoms with Gasteiger partial charge < -0.3 is 10.1 Å². The van der Waals surface area contributed by atoms with E-state index in [1.165, 1.54) is 0 Å². The number of anilines is 2. The number of nitrogens with one attached hydrogen (secondary N) is 1. The van der Waals surface area contributed by atoms with E-state index in [0.29, 0.717) is 10.8 Å². The standard InChI is InChI=1S/C12H11ClN2O/c1-16-11-7-3-2-6-10(11)15-12-9(13)5-4-8-14-12/h2-8H,1H3,(H,14,15). The van der Waals surface area contributed by atoms with E-state index in [0.717, 1.165) is 11.4 Å². The second-order valence-electron chi connectivity index (χ2n) is 3.16. The summed E-state index contributed by atoms with van der Waals surface area (Å²) in [6.45, 7) is 0. The van der Waals surface area contributed by atoms with Crippen molar-refractivity contribution in [3.05, 3.63) is 47.6 Å². The molecule has 0 amide bonds. The molecule has 0 aliphatic heterocycles. The third-order valence-corrected chi connectivity index (χ3v) is 2.42. The van der Waals surface area contributed by atoms with Crippen molar-refractivity contribution in [3.63, 3.8) is 0 Å². The minimum Gasteiger partial charge on any atom is -0.495 e. The van der Waals surface area contributed by atoms with Gasteiger partial charge in [-0.1, -0.05) is 23.7 Å². The van der Waals surface area contributed by atoms with Crippen LogP contribution in [0.1, 0.15) is 0 Å². The Bertz CT molecular complexity index is 488. The molecule has 0 aliphatic carbocycles. The van der Waals surface area contributed by atoms with Gasteiger partial charge in [-0.2, -0.15) is 0 Å². The summed E-state index contributed by atoms with van der Waals surface area (Å²) < 4.78 is 5.22. The van der Waals surface area contributed by atoms with Gasteiger partial charge in [-0.3, -0.25) is 0 Å². The maximum atomic E-state index is 6.00. The largest absolute Gasteiger partial charge is 0.495 e. The smallest absolute Gasteiger partial charge is 0.149 e. The van der Waals surface area contributed by atoms with Gasteiger partial charge in [0.2, 0.25) is 0 Å². The molecule has 1 aromatic carbocycles. The summed E-state index contributed by atoms with van der Waals surface area (Å²) in [5.41, 5.74) is 0.839. The Hall–Kier alpha value is -1.74. The zero-order chi connectivity index (χ0) is 11.4. The first-order valence-corrected chi connectivity index (χ1v) is 5.19. The first-order chi connectivity index (χ1) is 7.81. The number of pyridine rings is 1. The van der Waals surface area contributed by atoms with E-state index in [9.17, 15) is 0 Å². The number of para-hydroxylation sites is 2. The number of aromatic nitrogens is 1. The zero-order valence-electron chi connectivity index (χ0n) is 8.77. The Kier molecular flexibility index (Phi) is 3.27. The highest BCUT2D eigenvalue weighted by Gasteiger charge is 2.04. The van der Waals surface area contributed by atoms with Crippen LogP contribution in [-0.4, -0.2) is 12.1 Å². The van der Waals surface area contributed by atoms with E-state index >= 15 is 0 Å². The third-order valence-electron chi connectivity index (χ3n) is 2.12. The van der Waals surface area contributed by atoms with Crippen LogP contribution in [0, 0.1) is 0 Å². The molecule has 0 aliphatic rings. The number of hydrogen-bond donors (Lipinski definition) is 1. The van der Waals surface area contributed by atoms with E-state index in [-0.39, 0.29) is 0 Å². The maximum Gasteiger partial charge on any atom is 0.149 e. The highest BCUT2D eigenvalue weighted by Crippen LogP contribution is 2.28. The van der Waals surface area contributed by atoms with E-state index in [1.807, 2.05) is 24.3 Å². The maximum absolute atomic E-state index is 6.00. The van der Waals surface area contributed by atoms with Crippen LogP contribution in [0.5, 0.6) is 5.75 Å². The summed E-state index contributed by atoms with van der Waals surface area (Å²) in [4.78, 5) is 4.15. The summed E-state index contributed by atoms with van der Waals surface area (Å²) in [5, 5.41) is 3.70. The summed E-state index contributed by atoms with van der Waals surface area (Å²) in [7, 11) is 1.63. The van der Waals surface area contributed by atoms with Crippen molar-refractivity contribution < 1.29 is 4.74 Å². The number of halogens is 1. The van der Waals surface area contributed by atoms with Crippen molar-refractivity contribution >= 4 is 23.1 Å². The van der Waals surface area contributed by atoms with Crippen LogP contribution < -0.4 is 10.1 Å². The van der Waals surface area contributed by atoms with Gasteiger partial charge in [-0.05, 0) is 24.3 Å². The first-order valence-electron chi connectivity index (χ1n) is 4.82. The molecule has 0 spiro atoms. The molecule has 0 radical (unpaired) electrons. The summed E-state index contributed by atoms with van der Waals surface area (Å²) >= 11 is 6.00. The third kappa shape index (κ3) is 2.25. The second-order valence-corrected chi connectivity index (χ2v) is 3.57. The molecular formula is C12H11ClN2O. The fourth-order valence-electron chi connectivity index (χ4n) is 1.35. The number of hydrogen-bond acceptors (Lipinski definition) is 3. The van der Waals surface area contributed by atoms with Gasteiger partial charge in [-0.15, -0.1) is 0 Å². The molecule has 16 heavy (non-hydrogen) atoms.